The Bertz CT molecular complexity index is 540. The topological polar surface area (TPSA) is 8.81 Å². The molecule has 138 valence electrons. The molecule has 1 heterocycles. The molecule has 0 fully saturated rings. The lowest BCUT2D eigenvalue weighted by Gasteiger charge is -2.06. The van der Waals surface area contributed by atoms with Gasteiger partial charge in [-0.25, -0.2) is 9.13 Å². The quantitative estimate of drug-likeness (QED) is 0.295. The minimum atomic E-state index is 1.14. The van der Waals surface area contributed by atoms with Gasteiger partial charge < -0.3 is 0 Å². The summed E-state index contributed by atoms with van der Waals surface area (Å²) >= 11 is 0. The third kappa shape index (κ3) is 6.68. The summed E-state index contributed by atoms with van der Waals surface area (Å²) in [5.41, 5.74) is 1.34. The van der Waals surface area contributed by atoms with E-state index in [0.29, 0.717) is 0 Å². The van der Waals surface area contributed by atoms with Crippen molar-refractivity contribution in [3.05, 3.63) is 42.7 Å². The van der Waals surface area contributed by atoms with E-state index >= 15 is 0 Å². The Morgan fingerprint density at radius 3 is 2.08 bits per heavy atom. The van der Waals surface area contributed by atoms with Crippen molar-refractivity contribution in [2.24, 2.45) is 0 Å². The van der Waals surface area contributed by atoms with E-state index in [1.165, 1.54) is 75.6 Å². The van der Waals surface area contributed by atoms with Gasteiger partial charge in [-0.1, -0.05) is 70.6 Å². The fourth-order valence-electron chi connectivity index (χ4n) is 3.52. The first-order valence-corrected chi connectivity index (χ1v) is 10.5. The van der Waals surface area contributed by atoms with Gasteiger partial charge in [0.25, 0.3) is 5.82 Å². The van der Waals surface area contributed by atoms with E-state index in [9.17, 15) is 0 Å². The molecule has 25 heavy (non-hydrogen) atoms. The summed E-state index contributed by atoms with van der Waals surface area (Å²) in [5, 5.41) is 0. The van der Waals surface area contributed by atoms with Crippen LogP contribution in [0.4, 0.5) is 0 Å². The molecule has 1 aromatic carbocycles. The van der Waals surface area contributed by atoms with Gasteiger partial charge in [0.2, 0.25) is 0 Å². The number of rotatable bonds is 13. The molecular weight excluding hydrogens is 304 g/mol. The maximum absolute atomic E-state index is 2.47. The largest absolute Gasteiger partial charge is 0.288 e. The number of aryl methyl sites for hydroxylation is 2. The third-order valence-corrected chi connectivity index (χ3v) is 5.01. The first-order valence-electron chi connectivity index (χ1n) is 10.5. The fraction of sp³-hybridized carbons (Fsp3) is 0.609. The van der Waals surface area contributed by atoms with Crippen molar-refractivity contribution in [3.63, 3.8) is 0 Å². The Kier molecular flexibility index (Phi) is 9.40. The first-order chi connectivity index (χ1) is 12.4. The number of hydrogen-bond donors (Lipinski definition) is 0. The average Bonchev–Trinajstić information content (AvgIpc) is 3.05. The van der Waals surface area contributed by atoms with E-state index in [2.05, 4.69) is 65.7 Å². The summed E-state index contributed by atoms with van der Waals surface area (Å²) in [5.74, 6) is 1.38. The molecule has 0 saturated carbocycles. The molecule has 0 spiro atoms. The van der Waals surface area contributed by atoms with Crippen molar-refractivity contribution in [1.29, 1.82) is 0 Å². The molecule has 0 saturated heterocycles. The van der Waals surface area contributed by atoms with Crippen LogP contribution in [0.25, 0.3) is 11.4 Å². The number of imidazole rings is 1. The van der Waals surface area contributed by atoms with Gasteiger partial charge in [-0.15, -0.1) is 0 Å². The highest BCUT2D eigenvalue weighted by Gasteiger charge is 2.18. The fourth-order valence-corrected chi connectivity index (χ4v) is 3.52. The van der Waals surface area contributed by atoms with Gasteiger partial charge in [0.1, 0.15) is 12.4 Å². The van der Waals surface area contributed by atoms with E-state index in [1.807, 2.05) is 0 Å². The van der Waals surface area contributed by atoms with Crippen LogP contribution in [-0.2, 0) is 13.1 Å². The van der Waals surface area contributed by atoms with Crippen molar-refractivity contribution in [1.82, 2.24) is 4.57 Å². The first kappa shape index (κ1) is 19.8. The maximum Gasteiger partial charge on any atom is 0.288 e. The summed E-state index contributed by atoms with van der Waals surface area (Å²) in [6.07, 6.45) is 17.9. The van der Waals surface area contributed by atoms with Gasteiger partial charge in [0.05, 0.1) is 18.7 Å². The minimum Gasteiger partial charge on any atom is -0.230 e. The van der Waals surface area contributed by atoms with Crippen LogP contribution in [-0.4, -0.2) is 4.57 Å². The van der Waals surface area contributed by atoms with E-state index in [1.54, 1.807) is 0 Å². The van der Waals surface area contributed by atoms with Crippen molar-refractivity contribution in [2.75, 3.05) is 0 Å². The number of unbranched alkanes of at least 4 members (excludes halogenated alkanes) is 8. The zero-order valence-corrected chi connectivity index (χ0v) is 16.4. The maximum atomic E-state index is 2.47. The number of benzene rings is 1. The second-order valence-electron chi connectivity index (χ2n) is 7.20. The molecule has 0 aliphatic carbocycles. The van der Waals surface area contributed by atoms with Crippen molar-refractivity contribution in [3.8, 4) is 11.4 Å². The summed E-state index contributed by atoms with van der Waals surface area (Å²) < 4.78 is 4.93. The van der Waals surface area contributed by atoms with E-state index < -0.39 is 0 Å². The van der Waals surface area contributed by atoms with Crippen LogP contribution < -0.4 is 4.57 Å². The van der Waals surface area contributed by atoms with Gasteiger partial charge in [-0.05, 0) is 37.8 Å². The second kappa shape index (κ2) is 11.9. The lowest BCUT2D eigenvalue weighted by molar-refractivity contribution is -0.686. The molecule has 0 bridgehead atoms. The third-order valence-electron chi connectivity index (χ3n) is 5.01. The highest BCUT2D eigenvalue weighted by molar-refractivity contribution is 5.52. The van der Waals surface area contributed by atoms with Gasteiger partial charge in [0, 0.05) is 0 Å². The van der Waals surface area contributed by atoms with E-state index in [-0.39, 0.29) is 0 Å². The molecule has 0 N–H and O–H groups in total. The van der Waals surface area contributed by atoms with Gasteiger partial charge in [-0.3, -0.25) is 0 Å². The zero-order chi connectivity index (χ0) is 17.7. The summed E-state index contributed by atoms with van der Waals surface area (Å²) in [6.45, 7) is 6.83. The predicted octanol–water partition coefficient (Wildman–Crippen LogP) is 6.38. The second-order valence-corrected chi connectivity index (χ2v) is 7.20. The Hall–Kier alpha value is -1.57. The highest BCUT2D eigenvalue weighted by Crippen LogP contribution is 2.17. The van der Waals surface area contributed by atoms with Crippen LogP contribution in [0.3, 0.4) is 0 Å². The van der Waals surface area contributed by atoms with Gasteiger partial charge in [-0.2, -0.15) is 0 Å². The van der Waals surface area contributed by atoms with Crippen LogP contribution >= 0.6 is 0 Å². The Morgan fingerprint density at radius 1 is 0.760 bits per heavy atom. The van der Waals surface area contributed by atoms with Gasteiger partial charge >= 0.3 is 0 Å². The van der Waals surface area contributed by atoms with E-state index in [4.69, 9.17) is 0 Å². The van der Waals surface area contributed by atoms with Crippen molar-refractivity contribution >= 4 is 0 Å². The summed E-state index contributed by atoms with van der Waals surface area (Å²) in [4.78, 5) is 0. The number of nitrogens with zero attached hydrogens (tertiary/aromatic N) is 2. The summed E-state index contributed by atoms with van der Waals surface area (Å²) in [6, 6.07) is 10.9. The van der Waals surface area contributed by atoms with E-state index in [0.717, 1.165) is 13.1 Å². The average molecular weight is 342 g/mol. The summed E-state index contributed by atoms with van der Waals surface area (Å²) in [7, 11) is 0. The molecule has 2 heteroatoms. The molecule has 2 aromatic rings. The Morgan fingerprint density at radius 2 is 1.40 bits per heavy atom. The number of hydrogen-bond acceptors (Lipinski definition) is 0. The molecular formula is C23H37N2+. The Balaban J connectivity index is 2.00. The molecule has 2 rings (SSSR count). The van der Waals surface area contributed by atoms with Gasteiger partial charge in [0.15, 0.2) is 0 Å². The van der Waals surface area contributed by atoms with Crippen molar-refractivity contribution in [2.45, 2.75) is 91.1 Å². The molecule has 0 aliphatic rings. The lowest BCUT2D eigenvalue weighted by Crippen LogP contribution is -2.34. The molecule has 0 atom stereocenters. The molecule has 0 radical (unpaired) electrons. The van der Waals surface area contributed by atoms with Crippen LogP contribution in [0.5, 0.6) is 0 Å². The standard InChI is InChI=1S/C23H37N2/c1-3-5-7-9-14-18-24-20-21-25(19-15-10-8-6-4-2)23(24)22-16-12-11-13-17-22/h11-13,16-17,20-21H,3-10,14-15,18-19H2,1-2H3/q+1. The molecule has 0 unspecified atom stereocenters. The molecule has 0 amide bonds. The Labute approximate surface area is 154 Å². The van der Waals surface area contributed by atoms with Crippen LogP contribution in [0.2, 0.25) is 0 Å². The van der Waals surface area contributed by atoms with Crippen molar-refractivity contribution < 1.29 is 4.57 Å². The van der Waals surface area contributed by atoms with Crippen LogP contribution in [0.1, 0.15) is 78.1 Å². The monoisotopic (exact) mass is 341 g/mol. The molecule has 0 aliphatic heterocycles. The smallest absolute Gasteiger partial charge is 0.230 e. The number of aromatic nitrogens is 2. The highest BCUT2D eigenvalue weighted by atomic mass is 15.1. The minimum absolute atomic E-state index is 1.14. The predicted molar refractivity (Wildman–Crippen MR) is 108 cm³/mol. The lowest BCUT2D eigenvalue weighted by atomic mass is 10.1. The molecule has 1 aromatic heterocycles. The van der Waals surface area contributed by atoms with Crippen LogP contribution in [0.15, 0.2) is 42.7 Å². The normalized spacial score (nSPS) is 11.1. The SMILES string of the molecule is CCCCCCCn1cc[n+](CCCCCCC)c1-c1ccccc1. The molecule has 2 nitrogen and oxygen atoms in total. The van der Waals surface area contributed by atoms with Crippen LogP contribution in [0, 0.1) is 0 Å². The zero-order valence-electron chi connectivity index (χ0n) is 16.4.